The van der Waals surface area contributed by atoms with Crippen molar-refractivity contribution < 1.29 is 4.39 Å². The third kappa shape index (κ3) is 0.911. The highest BCUT2D eigenvalue weighted by molar-refractivity contribution is 4.85. The molecule has 2 heteroatoms. The topological polar surface area (TPSA) is 26.0 Å². The number of hydrogen-bond donors (Lipinski definition) is 1. The quantitative estimate of drug-likeness (QED) is 0.542. The van der Waals surface area contributed by atoms with Gasteiger partial charge in [0.05, 0.1) is 6.67 Å². The van der Waals surface area contributed by atoms with Crippen LogP contribution in [-0.2, 0) is 0 Å². The Morgan fingerprint density at radius 3 is 2.43 bits per heavy atom. The van der Waals surface area contributed by atoms with E-state index < -0.39 is 0 Å². The maximum Gasteiger partial charge on any atom is 0.0925 e. The number of alkyl halides is 1. The largest absolute Gasteiger partial charge is 0.330 e. The van der Waals surface area contributed by atoms with E-state index in [9.17, 15) is 4.39 Å². The molecule has 1 saturated carbocycles. The van der Waals surface area contributed by atoms with Gasteiger partial charge in [-0.2, -0.15) is 0 Å². The van der Waals surface area contributed by atoms with Crippen LogP contribution in [0, 0.1) is 11.8 Å². The summed E-state index contributed by atoms with van der Waals surface area (Å²) in [5, 5.41) is 0. The molecule has 0 aromatic carbocycles. The Hall–Kier alpha value is -0.110. The normalized spacial score (nSPS) is 38.6. The molecule has 0 unspecified atom stereocenters. The molecule has 0 radical (unpaired) electrons. The molecular weight excluding hydrogens is 93.1 g/mol. The molecular formula is C5H10FN. The van der Waals surface area contributed by atoms with Crippen LogP contribution in [0.25, 0.3) is 0 Å². The van der Waals surface area contributed by atoms with Crippen molar-refractivity contribution in [1.29, 1.82) is 0 Å². The monoisotopic (exact) mass is 103 g/mol. The summed E-state index contributed by atoms with van der Waals surface area (Å²) in [6, 6.07) is 0. The van der Waals surface area contributed by atoms with E-state index in [1.54, 1.807) is 0 Å². The summed E-state index contributed by atoms with van der Waals surface area (Å²) in [5.41, 5.74) is 5.23. The molecule has 7 heavy (non-hydrogen) atoms. The van der Waals surface area contributed by atoms with Gasteiger partial charge in [-0.25, -0.2) is 0 Å². The Morgan fingerprint density at radius 2 is 2.29 bits per heavy atom. The summed E-state index contributed by atoms with van der Waals surface area (Å²) in [5.74, 6) is 0.843. The summed E-state index contributed by atoms with van der Waals surface area (Å²) in [7, 11) is 0. The second-order valence-corrected chi connectivity index (χ2v) is 2.15. The van der Waals surface area contributed by atoms with Crippen molar-refractivity contribution in [3.05, 3.63) is 0 Å². The van der Waals surface area contributed by atoms with E-state index in [4.69, 9.17) is 5.73 Å². The average molecular weight is 103 g/mol. The highest BCUT2D eigenvalue weighted by atomic mass is 19.1. The molecule has 2 N–H and O–H groups in total. The van der Waals surface area contributed by atoms with Crippen LogP contribution in [0.15, 0.2) is 0 Å². The molecule has 1 aliphatic rings. The minimum Gasteiger partial charge on any atom is -0.330 e. The van der Waals surface area contributed by atoms with Gasteiger partial charge >= 0.3 is 0 Å². The van der Waals surface area contributed by atoms with Gasteiger partial charge in [0, 0.05) is 0 Å². The van der Waals surface area contributed by atoms with Crippen LogP contribution in [0.3, 0.4) is 0 Å². The van der Waals surface area contributed by atoms with Crippen LogP contribution in [0.2, 0.25) is 0 Å². The fourth-order valence-electron chi connectivity index (χ4n) is 0.788. The van der Waals surface area contributed by atoms with E-state index in [2.05, 4.69) is 0 Å². The minimum atomic E-state index is -0.165. The van der Waals surface area contributed by atoms with Crippen molar-refractivity contribution in [1.82, 2.24) is 0 Å². The molecule has 0 saturated heterocycles. The molecule has 0 heterocycles. The molecule has 0 aliphatic heterocycles. The average Bonchev–Trinajstić information content (AvgIpc) is 2.43. The third-order valence-corrected chi connectivity index (χ3v) is 1.57. The van der Waals surface area contributed by atoms with E-state index in [1.165, 1.54) is 0 Å². The molecule has 0 spiro atoms. The Bertz CT molecular complexity index is 57.1. The number of rotatable bonds is 2. The lowest BCUT2D eigenvalue weighted by Crippen LogP contribution is -2.02. The first kappa shape index (κ1) is 5.04. The van der Waals surface area contributed by atoms with Crippen molar-refractivity contribution in [2.75, 3.05) is 13.2 Å². The van der Waals surface area contributed by atoms with Crippen molar-refractivity contribution >= 4 is 0 Å². The number of hydrogen-bond acceptors (Lipinski definition) is 1. The van der Waals surface area contributed by atoms with Gasteiger partial charge in [0.2, 0.25) is 0 Å². The molecule has 0 aromatic rings. The third-order valence-electron chi connectivity index (χ3n) is 1.57. The van der Waals surface area contributed by atoms with Gasteiger partial charge in [-0.05, 0) is 24.8 Å². The lowest BCUT2D eigenvalue weighted by Gasteiger charge is -1.83. The number of halogens is 1. The zero-order valence-corrected chi connectivity index (χ0v) is 4.23. The van der Waals surface area contributed by atoms with Gasteiger partial charge in [-0.1, -0.05) is 0 Å². The van der Waals surface area contributed by atoms with E-state index in [0.29, 0.717) is 18.4 Å². The standard InChI is InChI=1S/C5H10FN/c6-2-4-1-5(4)3-7/h4-5H,1-3,7H2/t4-,5+/m0/s1. The zero-order chi connectivity index (χ0) is 5.28. The van der Waals surface area contributed by atoms with E-state index in [-0.39, 0.29) is 6.67 Å². The molecule has 1 aliphatic carbocycles. The lowest BCUT2D eigenvalue weighted by atomic mass is 10.3. The van der Waals surface area contributed by atoms with Crippen LogP contribution in [-0.4, -0.2) is 13.2 Å². The Labute approximate surface area is 42.7 Å². The smallest absolute Gasteiger partial charge is 0.0925 e. The van der Waals surface area contributed by atoms with Crippen molar-refractivity contribution in [2.45, 2.75) is 6.42 Å². The first-order valence-corrected chi connectivity index (χ1v) is 2.64. The highest BCUT2D eigenvalue weighted by Crippen LogP contribution is 2.37. The molecule has 1 rings (SSSR count). The summed E-state index contributed by atoms with van der Waals surface area (Å²) in [6.45, 7) is 0.510. The highest BCUT2D eigenvalue weighted by Gasteiger charge is 2.35. The molecule has 1 fully saturated rings. The van der Waals surface area contributed by atoms with Crippen molar-refractivity contribution in [3.8, 4) is 0 Å². The number of nitrogens with two attached hydrogens (primary N) is 1. The van der Waals surface area contributed by atoms with Crippen LogP contribution in [0.1, 0.15) is 6.42 Å². The van der Waals surface area contributed by atoms with Gasteiger partial charge < -0.3 is 5.73 Å². The van der Waals surface area contributed by atoms with Gasteiger partial charge in [0.25, 0.3) is 0 Å². The summed E-state index contributed by atoms with van der Waals surface area (Å²) in [6.07, 6.45) is 1.02. The summed E-state index contributed by atoms with van der Waals surface area (Å²) >= 11 is 0. The second-order valence-electron chi connectivity index (χ2n) is 2.15. The molecule has 0 bridgehead atoms. The van der Waals surface area contributed by atoms with Crippen LogP contribution < -0.4 is 5.73 Å². The first-order chi connectivity index (χ1) is 3.38. The molecule has 2 atom stereocenters. The minimum absolute atomic E-state index is 0.165. The maximum absolute atomic E-state index is 11.6. The van der Waals surface area contributed by atoms with Crippen molar-refractivity contribution in [2.24, 2.45) is 17.6 Å². The van der Waals surface area contributed by atoms with Crippen LogP contribution >= 0.6 is 0 Å². The fourth-order valence-corrected chi connectivity index (χ4v) is 0.788. The van der Waals surface area contributed by atoms with E-state index >= 15 is 0 Å². The van der Waals surface area contributed by atoms with Gasteiger partial charge in [0.1, 0.15) is 0 Å². The summed E-state index contributed by atoms with van der Waals surface area (Å²) in [4.78, 5) is 0. The first-order valence-electron chi connectivity index (χ1n) is 2.64. The Morgan fingerprint density at radius 1 is 1.57 bits per heavy atom. The predicted octanol–water partition coefficient (Wildman–Crippen LogP) is 0.551. The Balaban J connectivity index is 2.06. The van der Waals surface area contributed by atoms with Crippen molar-refractivity contribution in [3.63, 3.8) is 0 Å². The zero-order valence-electron chi connectivity index (χ0n) is 4.23. The molecule has 1 nitrogen and oxygen atoms in total. The van der Waals surface area contributed by atoms with Crippen LogP contribution in [0.4, 0.5) is 4.39 Å². The SMILES string of the molecule is NC[C@H]1C[C@H]1CF. The second kappa shape index (κ2) is 1.78. The molecule has 0 amide bonds. The van der Waals surface area contributed by atoms with Gasteiger partial charge in [-0.15, -0.1) is 0 Å². The van der Waals surface area contributed by atoms with E-state index in [1.807, 2.05) is 0 Å². The van der Waals surface area contributed by atoms with Gasteiger partial charge in [0.15, 0.2) is 0 Å². The fraction of sp³-hybridized carbons (Fsp3) is 1.00. The van der Waals surface area contributed by atoms with Crippen LogP contribution in [0.5, 0.6) is 0 Å². The van der Waals surface area contributed by atoms with Gasteiger partial charge in [-0.3, -0.25) is 4.39 Å². The maximum atomic E-state index is 11.6. The molecule has 42 valence electrons. The lowest BCUT2D eigenvalue weighted by molar-refractivity contribution is 0.441. The Kier molecular flexibility index (Phi) is 1.28. The van der Waals surface area contributed by atoms with E-state index in [0.717, 1.165) is 6.42 Å². The summed E-state index contributed by atoms with van der Waals surface area (Å²) < 4.78 is 11.6. The predicted molar refractivity (Wildman–Crippen MR) is 26.6 cm³/mol. The molecule has 0 aromatic heterocycles.